The maximum absolute atomic E-state index is 6.20. The monoisotopic (exact) mass is 373 g/mol. The zero-order chi connectivity index (χ0) is 17.9. The number of hydrogen-bond acceptors (Lipinski definition) is 6. The van der Waals surface area contributed by atoms with Crippen molar-refractivity contribution in [2.24, 2.45) is 0 Å². The van der Waals surface area contributed by atoms with Gasteiger partial charge in [-0.05, 0) is 12.1 Å². The highest BCUT2D eigenvalue weighted by molar-refractivity contribution is 6.32. The van der Waals surface area contributed by atoms with Gasteiger partial charge in [0, 0.05) is 39.1 Å². The minimum Gasteiger partial charge on any atom is -0.489 e. The van der Waals surface area contributed by atoms with Crippen molar-refractivity contribution in [3.63, 3.8) is 0 Å². The van der Waals surface area contributed by atoms with Gasteiger partial charge in [-0.1, -0.05) is 23.7 Å². The number of fused-ring (bicyclic) bond motifs is 1. The number of anilines is 1. The Morgan fingerprint density at radius 3 is 2.81 bits per heavy atom. The van der Waals surface area contributed by atoms with Crippen LogP contribution >= 0.6 is 11.6 Å². The SMILES string of the molecule is COCc1cc(N2CCC(Oc3ccccc3Cl)CC2)n2ncnc2n1. The molecule has 0 radical (unpaired) electrons. The van der Waals surface area contributed by atoms with Crippen LogP contribution < -0.4 is 9.64 Å². The maximum Gasteiger partial charge on any atom is 0.254 e. The van der Waals surface area contributed by atoms with Gasteiger partial charge in [-0.25, -0.2) is 4.98 Å². The van der Waals surface area contributed by atoms with E-state index >= 15 is 0 Å². The quantitative estimate of drug-likeness (QED) is 0.685. The van der Waals surface area contributed by atoms with Crippen LogP contribution in [0.1, 0.15) is 18.5 Å². The maximum atomic E-state index is 6.20. The van der Waals surface area contributed by atoms with E-state index in [0.717, 1.165) is 43.2 Å². The van der Waals surface area contributed by atoms with Gasteiger partial charge in [0.05, 0.1) is 17.3 Å². The van der Waals surface area contributed by atoms with Crippen molar-refractivity contribution in [1.82, 2.24) is 19.6 Å². The number of piperidine rings is 1. The van der Waals surface area contributed by atoms with Gasteiger partial charge in [-0.2, -0.15) is 14.6 Å². The van der Waals surface area contributed by atoms with Crippen LogP contribution in [0.3, 0.4) is 0 Å². The average molecular weight is 374 g/mol. The molecule has 3 heterocycles. The number of nitrogens with zero attached hydrogens (tertiary/aromatic N) is 5. The summed E-state index contributed by atoms with van der Waals surface area (Å²) in [6.07, 6.45) is 3.49. The summed E-state index contributed by atoms with van der Waals surface area (Å²) in [4.78, 5) is 11.0. The smallest absolute Gasteiger partial charge is 0.254 e. The molecule has 0 amide bonds. The minimum atomic E-state index is 0.151. The summed E-state index contributed by atoms with van der Waals surface area (Å²) in [5, 5.41) is 4.96. The number of ether oxygens (including phenoxy) is 2. The van der Waals surface area contributed by atoms with E-state index in [-0.39, 0.29) is 6.10 Å². The summed E-state index contributed by atoms with van der Waals surface area (Å²) >= 11 is 6.20. The van der Waals surface area contributed by atoms with Gasteiger partial charge in [-0.15, -0.1) is 0 Å². The number of halogens is 1. The highest BCUT2D eigenvalue weighted by Gasteiger charge is 2.24. The Morgan fingerprint density at radius 2 is 2.04 bits per heavy atom. The van der Waals surface area contributed by atoms with Crippen LogP contribution in [0, 0.1) is 0 Å². The van der Waals surface area contributed by atoms with E-state index in [1.54, 1.807) is 11.6 Å². The Kier molecular flexibility index (Phi) is 4.90. The summed E-state index contributed by atoms with van der Waals surface area (Å²) < 4.78 is 13.1. The first-order valence-electron chi connectivity index (χ1n) is 8.59. The molecule has 1 aromatic carbocycles. The summed E-state index contributed by atoms with van der Waals surface area (Å²) in [5.74, 6) is 2.32. The van der Waals surface area contributed by atoms with Crippen LogP contribution in [-0.4, -0.2) is 45.9 Å². The predicted molar refractivity (Wildman–Crippen MR) is 98.8 cm³/mol. The molecule has 0 atom stereocenters. The molecular weight excluding hydrogens is 354 g/mol. The van der Waals surface area contributed by atoms with Crippen molar-refractivity contribution in [1.29, 1.82) is 0 Å². The minimum absolute atomic E-state index is 0.151. The second-order valence-corrected chi connectivity index (χ2v) is 6.65. The van der Waals surface area contributed by atoms with E-state index in [1.807, 2.05) is 30.3 Å². The molecule has 0 saturated carbocycles. The molecule has 8 heteroatoms. The number of benzene rings is 1. The third-order valence-corrected chi connectivity index (χ3v) is 4.79. The van der Waals surface area contributed by atoms with E-state index in [4.69, 9.17) is 21.1 Å². The number of hydrogen-bond donors (Lipinski definition) is 0. The summed E-state index contributed by atoms with van der Waals surface area (Å²) in [6.45, 7) is 2.17. The number of methoxy groups -OCH3 is 1. The molecule has 136 valence electrons. The second-order valence-electron chi connectivity index (χ2n) is 6.25. The largest absolute Gasteiger partial charge is 0.489 e. The van der Waals surface area contributed by atoms with Gasteiger partial charge in [0.25, 0.3) is 5.78 Å². The number of aromatic nitrogens is 4. The molecule has 0 N–H and O–H groups in total. The molecule has 1 aliphatic heterocycles. The van der Waals surface area contributed by atoms with E-state index in [9.17, 15) is 0 Å². The van der Waals surface area contributed by atoms with Gasteiger partial charge < -0.3 is 14.4 Å². The Morgan fingerprint density at radius 1 is 1.23 bits per heavy atom. The molecule has 26 heavy (non-hydrogen) atoms. The van der Waals surface area contributed by atoms with E-state index in [1.165, 1.54) is 6.33 Å². The van der Waals surface area contributed by atoms with Crippen molar-refractivity contribution < 1.29 is 9.47 Å². The molecule has 0 bridgehead atoms. The Hall–Kier alpha value is -2.38. The van der Waals surface area contributed by atoms with Crippen LogP contribution in [0.2, 0.25) is 5.02 Å². The lowest BCUT2D eigenvalue weighted by Gasteiger charge is -2.33. The molecule has 2 aromatic heterocycles. The fourth-order valence-corrected chi connectivity index (χ4v) is 3.39. The second kappa shape index (κ2) is 7.47. The average Bonchev–Trinajstić information content (AvgIpc) is 3.12. The zero-order valence-electron chi connectivity index (χ0n) is 14.5. The lowest BCUT2D eigenvalue weighted by atomic mass is 10.1. The molecule has 1 saturated heterocycles. The number of rotatable bonds is 5. The fraction of sp³-hybridized carbons (Fsp3) is 0.389. The molecule has 1 aliphatic rings. The lowest BCUT2D eigenvalue weighted by molar-refractivity contribution is 0.170. The Bertz CT molecular complexity index is 892. The van der Waals surface area contributed by atoms with Crippen molar-refractivity contribution in [2.45, 2.75) is 25.6 Å². The van der Waals surface area contributed by atoms with E-state index < -0.39 is 0 Å². The van der Waals surface area contributed by atoms with Crippen molar-refractivity contribution in [3.8, 4) is 5.75 Å². The third kappa shape index (κ3) is 3.45. The highest BCUT2D eigenvalue weighted by Crippen LogP contribution is 2.28. The normalized spacial score (nSPS) is 15.5. The fourth-order valence-electron chi connectivity index (χ4n) is 3.21. The van der Waals surface area contributed by atoms with Crippen LogP contribution in [0.4, 0.5) is 5.82 Å². The Labute approximate surface area is 156 Å². The number of para-hydroxylation sites is 1. The van der Waals surface area contributed by atoms with Crippen LogP contribution in [-0.2, 0) is 11.3 Å². The van der Waals surface area contributed by atoms with Crippen molar-refractivity contribution in [2.75, 3.05) is 25.1 Å². The molecular formula is C18H20ClN5O2. The summed E-state index contributed by atoms with van der Waals surface area (Å²) in [5.41, 5.74) is 0.845. The molecule has 0 spiro atoms. The first-order chi connectivity index (χ1) is 12.7. The van der Waals surface area contributed by atoms with Gasteiger partial charge in [0.15, 0.2) is 0 Å². The van der Waals surface area contributed by atoms with E-state index in [2.05, 4.69) is 20.0 Å². The molecule has 3 aromatic rings. The van der Waals surface area contributed by atoms with Crippen LogP contribution in [0.25, 0.3) is 5.78 Å². The summed E-state index contributed by atoms with van der Waals surface area (Å²) in [6, 6.07) is 9.62. The first-order valence-corrected chi connectivity index (χ1v) is 8.97. The van der Waals surface area contributed by atoms with Gasteiger partial charge in [0.2, 0.25) is 0 Å². The zero-order valence-corrected chi connectivity index (χ0v) is 15.3. The molecule has 7 nitrogen and oxygen atoms in total. The topological polar surface area (TPSA) is 64.8 Å². The van der Waals surface area contributed by atoms with E-state index in [0.29, 0.717) is 17.4 Å². The van der Waals surface area contributed by atoms with Gasteiger partial charge in [-0.3, -0.25) is 0 Å². The lowest BCUT2D eigenvalue weighted by Crippen LogP contribution is -2.39. The van der Waals surface area contributed by atoms with Crippen molar-refractivity contribution >= 4 is 23.2 Å². The molecule has 1 fully saturated rings. The predicted octanol–water partition coefficient (Wildman–Crippen LogP) is 2.97. The third-order valence-electron chi connectivity index (χ3n) is 4.47. The van der Waals surface area contributed by atoms with Crippen molar-refractivity contribution in [3.05, 3.63) is 47.4 Å². The van der Waals surface area contributed by atoms with Crippen LogP contribution in [0.15, 0.2) is 36.7 Å². The van der Waals surface area contributed by atoms with Gasteiger partial charge >= 0.3 is 0 Å². The first kappa shape index (κ1) is 17.1. The standard InChI is InChI=1S/C18H20ClN5O2/c1-25-11-13-10-17(24-18(22-13)20-12-21-24)23-8-6-14(7-9-23)26-16-5-3-2-4-15(16)19/h2-5,10,12,14H,6-9,11H2,1H3. The Balaban J connectivity index is 1.49. The highest BCUT2D eigenvalue weighted by atomic mass is 35.5. The van der Waals surface area contributed by atoms with Gasteiger partial charge in [0.1, 0.15) is 24.0 Å². The molecule has 4 rings (SSSR count). The molecule has 0 aliphatic carbocycles. The summed E-state index contributed by atoms with van der Waals surface area (Å²) in [7, 11) is 1.66. The molecule has 0 unspecified atom stereocenters. The van der Waals surface area contributed by atoms with Crippen LogP contribution in [0.5, 0.6) is 5.75 Å².